The number of aromatic nitrogens is 1. The van der Waals surface area contributed by atoms with Crippen LogP contribution in [0.4, 0.5) is 0 Å². The highest BCUT2D eigenvalue weighted by Crippen LogP contribution is 2.24. The number of sulfonamides is 1. The third-order valence-corrected chi connectivity index (χ3v) is 6.43. The lowest BCUT2D eigenvalue weighted by molar-refractivity contribution is 0.443. The molecule has 1 aromatic heterocycles. The molecule has 1 aliphatic heterocycles. The maximum Gasteiger partial charge on any atom is 0.244 e. The molecule has 1 aromatic rings. The minimum Gasteiger partial charge on any atom is -0.346 e. The molecule has 1 saturated heterocycles. The zero-order chi connectivity index (χ0) is 15.5. The van der Waals surface area contributed by atoms with E-state index >= 15 is 0 Å². The van der Waals surface area contributed by atoms with Gasteiger partial charge in [0.2, 0.25) is 10.0 Å². The molecule has 0 saturated carbocycles. The van der Waals surface area contributed by atoms with E-state index in [9.17, 15) is 8.42 Å². The molecule has 0 bridgehead atoms. The largest absolute Gasteiger partial charge is 0.346 e. The van der Waals surface area contributed by atoms with E-state index in [0.29, 0.717) is 24.5 Å². The van der Waals surface area contributed by atoms with Crippen molar-refractivity contribution in [2.45, 2.75) is 38.3 Å². The lowest BCUT2D eigenvalue weighted by atomic mass is 10.3. The van der Waals surface area contributed by atoms with E-state index in [4.69, 9.17) is 0 Å². The quantitative estimate of drug-likeness (QED) is 0.865. The maximum absolute atomic E-state index is 12.7. The van der Waals surface area contributed by atoms with Crippen molar-refractivity contribution < 1.29 is 8.42 Å². The normalized spacial score (nSPS) is 17.5. The van der Waals surface area contributed by atoms with Crippen LogP contribution in [0.2, 0.25) is 0 Å². The molecule has 1 aliphatic rings. The highest BCUT2D eigenvalue weighted by Gasteiger charge is 2.28. The van der Waals surface area contributed by atoms with Gasteiger partial charge in [0.15, 0.2) is 0 Å². The minimum absolute atomic E-state index is 0.250. The number of nitrogens with one attached hydrogen (secondary N) is 1. The van der Waals surface area contributed by atoms with Crippen molar-refractivity contribution in [3.8, 4) is 0 Å². The Morgan fingerprint density at radius 3 is 2.57 bits per heavy atom. The number of rotatable bonds is 6. The first-order valence-corrected chi connectivity index (χ1v) is 10.1. The second kappa shape index (κ2) is 7.17. The Balaban J connectivity index is 2.30. The molecule has 1 fully saturated rings. The first-order chi connectivity index (χ1) is 9.96. The molecule has 21 heavy (non-hydrogen) atoms. The summed E-state index contributed by atoms with van der Waals surface area (Å²) < 4.78 is 29.1. The molecule has 0 atom stereocenters. The second-order valence-corrected chi connectivity index (χ2v) is 8.63. The van der Waals surface area contributed by atoms with Gasteiger partial charge in [-0.15, -0.1) is 0 Å². The standard InChI is InChI=1S/C14H25N3O2S2/c1-4-15-10-13-9-14(11-17(13)12(2)3)21(18,19)16-5-7-20-8-6-16/h9,11-12,15H,4-8,10H2,1-3H3. The van der Waals surface area contributed by atoms with E-state index in [1.54, 1.807) is 10.5 Å². The third-order valence-electron chi connectivity index (χ3n) is 3.63. The average molecular weight is 332 g/mol. The summed E-state index contributed by atoms with van der Waals surface area (Å²) in [5.74, 6) is 1.77. The Hall–Kier alpha value is -0.500. The van der Waals surface area contributed by atoms with Crippen LogP contribution < -0.4 is 5.32 Å². The fourth-order valence-corrected chi connectivity index (χ4v) is 5.08. The second-order valence-electron chi connectivity index (χ2n) is 5.46. The van der Waals surface area contributed by atoms with Crippen molar-refractivity contribution in [3.05, 3.63) is 18.0 Å². The Morgan fingerprint density at radius 2 is 2.00 bits per heavy atom. The van der Waals surface area contributed by atoms with Crippen molar-refractivity contribution in [1.29, 1.82) is 0 Å². The van der Waals surface area contributed by atoms with Crippen LogP contribution in [0.25, 0.3) is 0 Å². The summed E-state index contributed by atoms with van der Waals surface area (Å²) in [5, 5.41) is 3.27. The Labute approximate surface area is 132 Å². The van der Waals surface area contributed by atoms with Gasteiger partial charge in [-0.25, -0.2) is 8.42 Å². The van der Waals surface area contributed by atoms with Gasteiger partial charge in [-0.05, 0) is 26.5 Å². The first kappa shape index (κ1) is 16.9. The van der Waals surface area contributed by atoms with Crippen molar-refractivity contribution in [2.75, 3.05) is 31.1 Å². The summed E-state index contributed by atoms with van der Waals surface area (Å²) in [7, 11) is -3.35. The predicted molar refractivity (Wildman–Crippen MR) is 88.3 cm³/mol. The van der Waals surface area contributed by atoms with E-state index in [-0.39, 0.29) is 6.04 Å². The molecule has 0 unspecified atom stereocenters. The van der Waals surface area contributed by atoms with Gasteiger partial charge in [0, 0.05) is 49.1 Å². The van der Waals surface area contributed by atoms with Crippen molar-refractivity contribution >= 4 is 21.8 Å². The lowest BCUT2D eigenvalue weighted by Gasteiger charge is -2.25. The maximum atomic E-state index is 12.7. The van der Waals surface area contributed by atoms with Crippen molar-refractivity contribution in [2.24, 2.45) is 0 Å². The molecule has 0 aromatic carbocycles. The number of thioether (sulfide) groups is 1. The van der Waals surface area contributed by atoms with E-state index in [0.717, 1.165) is 23.7 Å². The molecule has 7 heteroatoms. The summed E-state index contributed by atoms with van der Waals surface area (Å²) in [4.78, 5) is 0.427. The highest BCUT2D eigenvalue weighted by molar-refractivity contribution is 7.99. The Kier molecular flexibility index (Phi) is 5.76. The van der Waals surface area contributed by atoms with E-state index in [1.165, 1.54) is 0 Å². The molecule has 2 heterocycles. The minimum atomic E-state index is -3.35. The SMILES string of the molecule is CCNCc1cc(S(=O)(=O)N2CCSCC2)cn1C(C)C. The van der Waals surface area contributed by atoms with Gasteiger partial charge >= 0.3 is 0 Å². The Bertz CT molecular complexity index is 561. The third kappa shape index (κ3) is 3.83. The van der Waals surface area contributed by atoms with E-state index in [2.05, 4.69) is 19.2 Å². The summed E-state index contributed by atoms with van der Waals surface area (Å²) in [6.45, 7) is 8.98. The number of nitrogens with zero attached hydrogens (tertiary/aromatic N) is 2. The number of hydrogen-bond acceptors (Lipinski definition) is 4. The smallest absolute Gasteiger partial charge is 0.244 e. The van der Waals surface area contributed by atoms with E-state index in [1.807, 2.05) is 29.3 Å². The molecule has 0 aliphatic carbocycles. The fourth-order valence-electron chi connectivity index (χ4n) is 2.45. The zero-order valence-electron chi connectivity index (χ0n) is 13.0. The van der Waals surface area contributed by atoms with Gasteiger partial charge in [0.1, 0.15) is 4.90 Å². The summed E-state index contributed by atoms with van der Waals surface area (Å²) in [5.41, 5.74) is 1.02. The van der Waals surface area contributed by atoms with E-state index < -0.39 is 10.0 Å². The van der Waals surface area contributed by atoms with Crippen molar-refractivity contribution in [1.82, 2.24) is 14.2 Å². The van der Waals surface area contributed by atoms with Crippen LogP contribution in [0.3, 0.4) is 0 Å². The van der Waals surface area contributed by atoms with Crippen LogP contribution in [0, 0.1) is 0 Å². The van der Waals surface area contributed by atoms with Crippen LogP contribution in [0.15, 0.2) is 17.2 Å². The topological polar surface area (TPSA) is 54.3 Å². The van der Waals surface area contributed by atoms with Crippen LogP contribution in [0.1, 0.15) is 32.5 Å². The first-order valence-electron chi connectivity index (χ1n) is 7.46. The lowest BCUT2D eigenvalue weighted by Crippen LogP contribution is -2.37. The zero-order valence-corrected chi connectivity index (χ0v) is 14.6. The van der Waals surface area contributed by atoms with Gasteiger partial charge < -0.3 is 9.88 Å². The van der Waals surface area contributed by atoms with Crippen LogP contribution >= 0.6 is 11.8 Å². The fraction of sp³-hybridized carbons (Fsp3) is 0.714. The molecule has 0 amide bonds. The van der Waals surface area contributed by atoms with Crippen LogP contribution in [-0.4, -0.2) is 48.4 Å². The molecule has 1 N–H and O–H groups in total. The average Bonchev–Trinajstić information content (AvgIpc) is 2.91. The highest BCUT2D eigenvalue weighted by atomic mass is 32.2. The van der Waals surface area contributed by atoms with Crippen LogP contribution in [0.5, 0.6) is 0 Å². The predicted octanol–water partition coefficient (Wildman–Crippen LogP) is 1.92. The molecular weight excluding hydrogens is 306 g/mol. The Morgan fingerprint density at radius 1 is 1.33 bits per heavy atom. The van der Waals surface area contributed by atoms with Crippen molar-refractivity contribution in [3.63, 3.8) is 0 Å². The van der Waals surface area contributed by atoms with Gasteiger partial charge in [-0.3, -0.25) is 0 Å². The molecule has 0 radical (unpaired) electrons. The monoisotopic (exact) mass is 331 g/mol. The molecule has 120 valence electrons. The van der Waals surface area contributed by atoms with Crippen LogP contribution in [-0.2, 0) is 16.6 Å². The molecule has 2 rings (SSSR count). The summed E-state index contributed by atoms with van der Waals surface area (Å²) in [6.07, 6.45) is 1.79. The molecular formula is C14H25N3O2S2. The van der Waals surface area contributed by atoms with Gasteiger partial charge in [0.05, 0.1) is 0 Å². The molecule has 5 nitrogen and oxygen atoms in total. The van der Waals surface area contributed by atoms with Gasteiger partial charge in [-0.2, -0.15) is 16.1 Å². The number of hydrogen-bond donors (Lipinski definition) is 1. The van der Waals surface area contributed by atoms with Gasteiger partial charge in [-0.1, -0.05) is 6.92 Å². The summed E-state index contributed by atoms with van der Waals surface area (Å²) >= 11 is 1.81. The molecule has 0 spiro atoms. The summed E-state index contributed by atoms with van der Waals surface area (Å²) in [6, 6.07) is 2.07. The van der Waals surface area contributed by atoms with Gasteiger partial charge in [0.25, 0.3) is 0 Å².